The van der Waals surface area contributed by atoms with Crippen LogP contribution in [0.25, 0.3) is 0 Å². The molecule has 0 spiro atoms. The molecule has 0 unspecified atom stereocenters. The van der Waals surface area contributed by atoms with Gasteiger partial charge in [0, 0.05) is 65.1 Å². The first-order chi connectivity index (χ1) is 40.7. The number of aromatic nitrogens is 1. The Morgan fingerprint density at radius 3 is 0.639 bits per heavy atom. The topological polar surface area (TPSA) is 136 Å². The maximum atomic E-state index is 5.29. The molecule has 13 rings (SSSR count). The van der Waals surface area contributed by atoms with Crippen LogP contribution in [0.5, 0.6) is 0 Å². The number of hydrogen-bond acceptors (Lipinski definition) is 10. The van der Waals surface area contributed by atoms with Crippen LogP contribution in [0.1, 0.15) is 31.4 Å². The largest absolute Gasteiger partial charge is 2.00 e. The van der Waals surface area contributed by atoms with Crippen molar-refractivity contribution in [3.05, 3.63) is 273 Å². The van der Waals surface area contributed by atoms with Crippen LogP contribution in [-0.2, 0) is 23.6 Å². The van der Waals surface area contributed by atoms with E-state index in [4.69, 9.17) is 5.73 Å². The van der Waals surface area contributed by atoms with Gasteiger partial charge in [0.25, 0.3) is 0 Å². The summed E-state index contributed by atoms with van der Waals surface area (Å²) >= 11 is 0. The second-order valence-electron chi connectivity index (χ2n) is 20.6. The molecule has 0 saturated heterocycles. The molecule has 8 aromatic carbocycles. The molecule has 13 heteroatoms. The molecule has 6 N–H and O–H groups in total. The summed E-state index contributed by atoms with van der Waals surface area (Å²) in [5.74, 6) is 3.84. The Morgan fingerprint density at radius 1 is 0.289 bits per heavy atom. The van der Waals surface area contributed by atoms with E-state index in [1.54, 1.807) is 6.20 Å². The van der Waals surface area contributed by atoms with E-state index < -0.39 is 12.3 Å². The summed E-state index contributed by atoms with van der Waals surface area (Å²) in [5.41, 5.74) is 16.9. The maximum Gasteiger partial charge on any atom is 2.00 e. The van der Waals surface area contributed by atoms with Gasteiger partial charge in [0.15, 0.2) is 23.3 Å². The van der Waals surface area contributed by atoms with Crippen LogP contribution in [-0.4, -0.2) is 93.0 Å². The molecule has 83 heavy (non-hydrogen) atoms. The normalized spacial score (nSPS) is 14.4. The summed E-state index contributed by atoms with van der Waals surface area (Å²) in [6, 6.07) is 92.8. The Hall–Kier alpha value is -8.60. The third kappa shape index (κ3) is 15.9. The van der Waals surface area contributed by atoms with Crippen molar-refractivity contribution in [3.63, 3.8) is 0 Å². The van der Waals surface area contributed by atoms with Gasteiger partial charge in [-0.3, -0.25) is 25.0 Å². The van der Waals surface area contributed by atoms with Crippen molar-refractivity contribution in [1.29, 1.82) is 0 Å². The first-order valence-electron chi connectivity index (χ1n) is 29.2. The van der Waals surface area contributed by atoms with E-state index in [2.05, 4.69) is 289 Å². The molecule has 0 fully saturated rings. The second-order valence-corrected chi connectivity index (χ2v) is 20.6. The molecular formula is C70H76B2FeN10. The molecule has 0 bridgehead atoms. The molecule has 9 aromatic rings. The van der Waals surface area contributed by atoms with Gasteiger partial charge in [-0.25, -0.2) is 0 Å². The quantitative estimate of drug-likeness (QED) is 0.0980. The first-order valence-corrected chi connectivity index (χ1v) is 29.2. The predicted molar refractivity (Wildman–Crippen MR) is 352 cm³/mol. The summed E-state index contributed by atoms with van der Waals surface area (Å²) in [6.07, 6.45) is 3.85. The van der Waals surface area contributed by atoms with Gasteiger partial charge >= 0.3 is 17.1 Å². The molecule has 10 nitrogen and oxygen atoms in total. The van der Waals surface area contributed by atoms with Crippen LogP contribution in [0, 0.1) is 0 Å². The molecule has 0 radical (unpaired) electrons. The van der Waals surface area contributed by atoms with Crippen molar-refractivity contribution in [2.45, 2.75) is 32.2 Å². The van der Waals surface area contributed by atoms with Gasteiger partial charge in [-0.05, 0) is 37.8 Å². The summed E-state index contributed by atoms with van der Waals surface area (Å²) in [7, 11) is 0. The zero-order valence-corrected chi connectivity index (χ0v) is 48.5. The second kappa shape index (κ2) is 32.7. The van der Waals surface area contributed by atoms with Crippen LogP contribution in [0.15, 0.2) is 287 Å². The average molecular weight is 1130 g/mol. The van der Waals surface area contributed by atoms with Crippen molar-refractivity contribution in [2.75, 3.05) is 52.4 Å². The summed E-state index contributed by atoms with van der Waals surface area (Å²) in [5, 5.41) is 13.0. The number of nitrogens with two attached hydrogens (primary N) is 1. The number of hydrogen-bond donors (Lipinski definition) is 5. The van der Waals surface area contributed by atoms with Crippen LogP contribution in [0.3, 0.4) is 0 Å². The van der Waals surface area contributed by atoms with Crippen LogP contribution >= 0.6 is 0 Å². The van der Waals surface area contributed by atoms with Gasteiger partial charge in [-0.1, -0.05) is 249 Å². The van der Waals surface area contributed by atoms with E-state index in [1.165, 1.54) is 43.7 Å². The Balaban J connectivity index is 0.000000144. The number of benzene rings is 8. The van der Waals surface area contributed by atoms with Gasteiger partial charge in [0.2, 0.25) is 0 Å². The number of nitrogens with one attached hydrogen (secondary N) is 4. The third-order valence-corrected chi connectivity index (χ3v) is 15.4. The number of nitrogens with zero attached hydrogens (tertiary/aromatic N) is 5. The van der Waals surface area contributed by atoms with Crippen LogP contribution in [0.4, 0.5) is 0 Å². The van der Waals surface area contributed by atoms with Crippen molar-refractivity contribution in [2.24, 2.45) is 25.7 Å². The zero-order valence-electron chi connectivity index (χ0n) is 47.4. The SMILES string of the molecule is C1CN=C(C2=NCCCN2)NC1.C1CN=C(C2=NCCCN2)NC1.NCc1ccccn1.[Fe+2].c1ccc([B-](c2ccccc2)(c2ccccc2)c2ccccc2)cc1.c1ccc([B-](c2ccccc2)(c2ccccc2)c2ccccc2)cc1. The molecule has 0 atom stereocenters. The number of aliphatic imine (C=N–C) groups is 4. The van der Waals surface area contributed by atoms with E-state index >= 15 is 0 Å². The van der Waals surface area contributed by atoms with Gasteiger partial charge in [0.1, 0.15) is 12.3 Å². The van der Waals surface area contributed by atoms with E-state index in [-0.39, 0.29) is 17.1 Å². The number of rotatable bonds is 11. The molecule has 0 aliphatic carbocycles. The summed E-state index contributed by atoms with van der Waals surface area (Å²) < 4.78 is 0. The fourth-order valence-corrected chi connectivity index (χ4v) is 11.5. The smallest absolute Gasteiger partial charge is 0.367 e. The van der Waals surface area contributed by atoms with Gasteiger partial charge < -0.3 is 27.0 Å². The Labute approximate surface area is 502 Å². The average Bonchev–Trinajstić information content (AvgIpc) is 3.72. The van der Waals surface area contributed by atoms with E-state index in [0.29, 0.717) is 6.54 Å². The van der Waals surface area contributed by atoms with Crippen molar-refractivity contribution in [1.82, 2.24) is 26.3 Å². The Kier molecular flexibility index (Phi) is 23.9. The summed E-state index contributed by atoms with van der Waals surface area (Å²) in [6.45, 7) is 8.37. The van der Waals surface area contributed by atoms with Crippen LogP contribution < -0.4 is 70.7 Å². The van der Waals surface area contributed by atoms with Gasteiger partial charge in [0.05, 0.1) is 5.69 Å². The molecule has 420 valence electrons. The molecule has 1 aromatic heterocycles. The van der Waals surface area contributed by atoms with Crippen molar-refractivity contribution < 1.29 is 17.1 Å². The fraction of sp³-hybridized carbons (Fsp3) is 0.186. The minimum Gasteiger partial charge on any atom is -0.367 e. The standard InChI is InChI=1S/2C24H20B.2C8H14N4.C6H8N2.Fe/c2*1-5-13-21(14-6-1)25(22-15-7-2-8-16-22,23-17-9-3-10-18-23)24-19-11-4-12-20-24;2*1-3-9-7(10-4-1)8-11-5-2-6-12-8;7-5-6-3-1-2-4-8-6;/h2*1-20H;2*1-6H2,(H,9,10)(H,11,12);1-4H,5,7H2;/q2*-1;;;;+2. The molecule has 4 aliphatic rings. The summed E-state index contributed by atoms with van der Waals surface area (Å²) in [4.78, 5) is 21.4. The molecular weight excluding hydrogens is 1060 g/mol. The first kappa shape index (κ1) is 60.5. The van der Waals surface area contributed by atoms with Crippen LogP contribution in [0.2, 0.25) is 0 Å². The Bertz CT molecular complexity index is 2800. The van der Waals surface area contributed by atoms with E-state index in [9.17, 15) is 0 Å². The predicted octanol–water partition coefficient (Wildman–Crippen LogP) is 6.21. The molecule has 4 aliphatic heterocycles. The van der Waals surface area contributed by atoms with Gasteiger partial charge in [-0.15, -0.1) is 0 Å². The van der Waals surface area contributed by atoms with Gasteiger partial charge in [-0.2, -0.15) is 43.7 Å². The minimum absolute atomic E-state index is 0. The molecule has 0 saturated carbocycles. The zero-order chi connectivity index (χ0) is 56.2. The fourth-order valence-electron chi connectivity index (χ4n) is 11.5. The minimum atomic E-state index is -1.22. The number of amidine groups is 4. The monoisotopic (exact) mass is 1130 g/mol. The maximum absolute atomic E-state index is 5.29. The molecule has 0 amide bonds. The molecule has 5 heterocycles. The van der Waals surface area contributed by atoms with E-state index in [1.807, 2.05) is 18.2 Å². The van der Waals surface area contributed by atoms with E-state index in [0.717, 1.165) is 107 Å². The van der Waals surface area contributed by atoms with Crippen molar-refractivity contribution >= 4 is 79.3 Å². The number of pyridine rings is 1. The Morgan fingerprint density at radius 2 is 0.494 bits per heavy atom. The third-order valence-electron chi connectivity index (χ3n) is 15.4. The van der Waals surface area contributed by atoms with Crippen molar-refractivity contribution in [3.8, 4) is 0 Å².